The molecule has 0 aliphatic heterocycles. The smallest absolute Gasteiger partial charge is 0.336 e. The Bertz CT molecular complexity index is 762. The highest BCUT2D eigenvalue weighted by Crippen LogP contribution is 2.26. The molecular formula is C21H24O4. The van der Waals surface area contributed by atoms with Crippen LogP contribution in [0.1, 0.15) is 37.0 Å². The Morgan fingerprint density at radius 1 is 1.12 bits per heavy atom. The molecule has 0 amide bonds. The molecule has 0 fully saturated rings. The first-order valence-corrected chi connectivity index (χ1v) is 8.46. The first kappa shape index (κ1) is 18.6. The lowest BCUT2D eigenvalue weighted by molar-refractivity contribution is -0.130. The Morgan fingerprint density at radius 3 is 2.56 bits per heavy atom. The van der Waals surface area contributed by atoms with Gasteiger partial charge in [-0.15, -0.1) is 0 Å². The normalized spacial score (nSPS) is 11.2. The van der Waals surface area contributed by atoms with E-state index in [4.69, 9.17) is 9.47 Å². The molecule has 4 nitrogen and oxygen atoms in total. The van der Waals surface area contributed by atoms with Crippen LogP contribution in [0.25, 0.3) is 11.6 Å². The summed E-state index contributed by atoms with van der Waals surface area (Å²) >= 11 is 0. The molecule has 0 atom stereocenters. The fraction of sp³-hybridized carbons (Fsp3) is 0.286. The van der Waals surface area contributed by atoms with Gasteiger partial charge < -0.3 is 14.6 Å². The molecule has 25 heavy (non-hydrogen) atoms. The van der Waals surface area contributed by atoms with E-state index in [0.717, 1.165) is 29.0 Å². The molecule has 0 saturated carbocycles. The van der Waals surface area contributed by atoms with E-state index in [-0.39, 0.29) is 5.57 Å². The Morgan fingerprint density at radius 2 is 1.92 bits per heavy atom. The van der Waals surface area contributed by atoms with E-state index in [0.29, 0.717) is 18.8 Å². The molecular weight excluding hydrogens is 316 g/mol. The van der Waals surface area contributed by atoms with E-state index >= 15 is 0 Å². The number of carbonyl (C=O) groups is 1. The van der Waals surface area contributed by atoms with Crippen molar-refractivity contribution in [2.75, 3.05) is 13.2 Å². The Labute approximate surface area is 148 Å². The minimum absolute atomic E-state index is 0.235. The molecule has 2 aromatic carbocycles. The monoisotopic (exact) mass is 340 g/mol. The van der Waals surface area contributed by atoms with Crippen LogP contribution < -0.4 is 9.47 Å². The third-order valence-electron chi connectivity index (χ3n) is 3.66. The van der Waals surface area contributed by atoms with E-state index in [1.54, 1.807) is 12.1 Å². The highest BCUT2D eigenvalue weighted by atomic mass is 16.5. The number of benzene rings is 2. The molecule has 0 radical (unpaired) electrons. The van der Waals surface area contributed by atoms with Crippen LogP contribution in [-0.2, 0) is 4.79 Å². The second kappa shape index (κ2) is 8.92. The number of aliphatic carboxylic acids is 1. The van der Waals surface area contributed by atoms with Crippen molar-refractivity contribution in [1.29, 1.82) is 0 Å². The summed E-state index contributed by atoms with van der Waals surface area (Å²) in [5.74, 6) is 0.539. The largest absolute Gasteiger partial charge is 0.494 e. The van der Waals surface area contributed by atoms with Gasteiger partial charge in [-0.05, 0) is 67.3 Å². The summed E-state index contributed by atoms with van der Waals surface area (Å²) in [6.07, 6.45) is 2.59. The maximum atomic E-state index is 11.8. The van der Waals surface area contributed by atoms with Crippen molar-refractivity contribution in [2.24, 2.45) is 0 Å². The zero-order valence-electron chi connectivity index (χ0n) is 14.9. The lowest BCUT2D eigenvalue weighted by atomic mass is 10.0. The lowest BCUT2D eigenvalue weighted by Gasteiger charge is -2.10. The fourth-order valence-corrected chi connectivity index (χ4v) is 2.48. The van der Waals surface area contributed by atoms with Crippen molar-refractivity contribution in [3.05, 3.63) is 59.2 Å². The van der Waals surface area contributed by atoms with Gasteiger partial charge in [0.15, 0.2) is 0 Å². The minimum atomic E-state index is -0.969. The Hall–Kier alpha value is -2.75. The fourth-order valence-electron chi connectivity index (χ4n) is 2.48. The van der Waals surface area contributed by atoms with Crippen LogP contribution in [0.15, 0.2) is 42.5 Å². The highest BCUT2D eigenvalue weighted by Gasteiger charge is 2.12. The van der Waals surface area contributed by atoms with Gasteiger partial charge in [0.25, 0.3) is 0 Å². The average molecular weight is 340 g/mol. The minimum Gasteiger partial charge on any atom is -0.494 e. The van der Waals surface area contributed by atoms with Crippen molar-refractivity contribution in [2.45, 2.75) is 27.2 Å². The molecule has 0 spiro atoms. The zero-order chi connectivity index (χ0) is 18.2. The molecule has 132 valence electrons. The average Bonchev–Trinajstić information content (AvgIpc) is 2.60. The van der Waals surface area contributed by atoms with Crippen molar-refractivity contribution in [1.82, 2.24) is 0 Å². The molecule has 0 aromatic heterocycles. The summed E-state index contributed by atoms with van der Waals surface area (Å²) in [4.78, 5) is 11.8. The molecule has 1 N–H and O–H groups in total. The third-order valence-corrected chi connectivity index (χ3v) is 3.66. The summed E-state index contributed by atoms with van der Waals surface area (Å²) in [6.45, 7) is 7.08. The van der Waals surface area contributed by atoms with E-state index < -0.39 is 5.97 Å². The van der Waals surface area contributed by atoms with E-state index in [1.807, 2.05) is 57.2 Å². The van der Waals surface area contributed by atoms with Gasteiger partial charge in [-0.25, -0.2) is 4.79 Å². The molecule has 0 heterocycles. The highest BCUT2D eigenvalue weighted by molar-refractivity contribution is 6.20. The van der Waals surface area contributed by atoms with Crippen LogP contribution >= 0.6 is 0 Å². The van der Waals surface area contributed by atoms with Gasteiger partial charge in [0.05, 0.1) is 18.8 Å². The van der Waals surface area contributed by atoms with Crippen LogP contribution in [0.4, 0.5) is 0 Å². The van der Waals surface area contributed by atoms with Gasteiger partial charge in [0.1, 0.15) is 11.5 Å². The summed E-state index contributed by atoms with van der Waals surface area (Å²) in [6, 6.07) is 12.9. The number of carboxylic acid groups (broad SMARTS) is 1. The number of aryl methyl sites for hydroxylation is 1. The van der Waals surface area contributed by atoms with Crippen molar-refractivity contribution in [3.63, 3.8) is 0 Å². The maximum absolute atomic E-state index is 11.8. The quantitative estimate of drug-likeness (QED) is 0.553. The second-order valence-electron chi connectivity index (χ2n) is 5.70. The van der Waals surface area contributed by atoms with Crippen molar-refractivity contribution in [3.8, 4) is 11.5 Å². The van der Waals surface area contributed by atoms with Crippen molar-refractivity contribution < 1.29 is 19.4 Å². The van der Waals surface area contributed by atoms with Gasteiger partial charge in [-0.2, -0.15) is 0 Å². The molecule has 0 aliphatic rings. The van der Waals surface area contributed by atoms with Crippen LogP contribution in [0.3, 0.4) is 0 Å². The van der Waals surface area contributed by atoms with Crippen LogP contribution in [-0.4, -0.2) is 24.3 Å². The lowest BCUT2D eigenvalue weighted by Crippen LogP contribution is -2.01. The van der Waals surface area contributed by atoms with Crippen LogP contribution in [0.2, 0.25) is 0 Å². The summed E-state index contributed by atoms with van der Waals surface area (Å²) in [7, 11) is 0. The molecule has 0 bridgehead atoms. The molecule has 0 saturated heterocycles. The zero-order valence-corrected chi connectivity index (χ0v) is 14.9. The van der Waals surface area contributed by atoms with E-state index in [2.05, 4.69) is 0 Å². The van der Waals surface area contributed by atoms with E-state index in [9.17, 15) is 9.90 Å². The van der Waals surface area contributed by atoms with Gasteiger partial charge in [0.2, 0.25) is 0 Å². The predicted molar refractivity (Wildman–Crippen MR) is 100 cm³/mol. The van der Waals surface area contributed by atoms with E-state index in [1.165, 1.54) is 0 Å². The summed E-state index contributed by atoms with van der Waals surface area (Å²) < 4.78 is 11.1. The molecule has 2 rings (SSSR count). The van der Waals surface area contributed by atoms with Gasteiger partial charge in [-0.3, -0.25) is 0 Å². The van der Waals surface area contributed by atoms with Crippen LogP contribution in [0.5, 0.6) is 11.5 Å². The first-order valence-electron chi connectivity index (χ1n) is 8.46. The van der Waals surface area contributed by atoms with Crippen LogP contribution in [0, 0.1) is 6.92 Å². The summed E-state index contributed by atoms with van der Waals surface area (Å²) in [5, 5.41) is 9.63. The molecule has 0 aliphatic carbocycles. The Balaban J connectivity index is 2.36. The van der Waals surface area contributed by atoms with Gasteiger partial charge in [-0.1, -0.05) is 25.1 Å². The predicted octanol–water partition coefficient (Wildman–Crippen LogP) is 4.81. The molecule has 4 heteroatoms. The number of carboxylic acids is 1. The molecule has 0 unspecified atom stereocenters. The summed E-state index contributed by atoms with van der Waals surface area (Å²) in [5.41, 5.74) is 2.58. The SMILES string of the molecule is CCCOc1cccc(/C=C(\C(=O)O)c2ccc(OCC)c(C)c2)c1. The third kappa shape index (κ3) is 5.11. The van der Waals surface area contributed by atoms with Gasteiger partial charge >= 0.3 is 5.97 Å². The maximum Gasteiger partial charge on any atom is 0.336 e. The number of rotatable bonds is 8. The molecule has 2 aromatic rings. The first-order chi connectivity index (χ1) is 12.0. The standard InChI is InChI=1S/C21H24O4/c1-4-11-25-18-8-6-7-16(13-18)14-19(21(22)23)17-9-10-20(24-5-2)15(3)12-17/h6-10,12-14H,4-5,11H2,1-3H3,(H,22,23)/b19-14-. The topological polar surface area (TPSA) is 55.8 Å². The Kier molecular flexibility index (Phi) is 6.63. The van der Waals surface area contributed by atoms with Crippen molar-refractivity contribution >= 4 is 17.6 Å². The number of hydrogen-bond acceptors (Lipinski definition) is 3. The van der Waals surface area contributed by atoms with Gasteiger partial charge in [0, 0.05) is 0 Å². The number of hydrogen-bond donors (Lipinski definition) is 1. The second-order valence-corrected chi connectivity index (χ2v) is 5.70. The number of ether oxygens (including phenoxy) is 2.